The Balaban J connectivity index is 0.00000338. The zero-order chi connectivity index (χ0) is 18.1. The first-order valence-electron chi connectivity index (χ1n) is 8.52. The molecule has 0 saturated carbocycles. The number of phenols is 1. The average Bonchev–Trinajstić information content (AvgIpc) is 3.10. The summed E-state index contributed by atoms with van der Waals surface area (Å²) in [5.74, 6) is 1.92. The number of methoxy groups -OCH3 is 1. The number of hydrogen-bond donors (Lipinski definition) is 3. The molecule has 2 aromatic rings. The van der Waals surface area contributed by atoms with Crippen molar-refractivity contribution < 1.29 is 9.84 Å². The quantitative estimate of drug-likeness (QED) is 0.298. The van der Waals surface area contributed by atoms with Gasteiger partial charge in [0.25, 0.3) is 0 Å². The van der Waals surface area contributed by atoms with Gasteiger partial charge in [-0.25, -0.2) is 4.99 Å². The number of thiophene rings is 1. The molecule has 0 spiro atoms. The molecule has 3 N–H and O–H groups in total. The standard InChI is InChI=1S/C19H27N3O2S.HI/c1-4-20-19(21-12-14(2)10-16-6-5-9-25-16)22-13-15-7-8-18(24-3)17(23)11-15;/h5-9,11,14,23H,4,10,12-13H2,1-3H3,(H2,20,21,22);1H. The average molecular weight is 489 g/mol. The minimum absolute atomic E-state index is 0. The second-order valence-electron chi connectivity index (χ2n) is 5.97. The molecule has 7 heteroatoms. The Labute approximate surface area is 176 Å². The Kier molecular flexibility index (Phi) is 10.4. The lowest BCUT2D eigenvalue weighted by molar-refractivity contribution is 0.373. The van der Waals surface area contributed by atoms with Crippen molar-refractivity contribution in [1.82, 2.24) is 10.6 Å². The third-order valence-electron chi connectivity index (χ3n) is 3.75. The van der Waals surface area contributed by atoms with E-state index in [1.807, 2.05) is 13.0 Å². The third kappa shape index (κ3) is 7.41. The smallest absolute Gasteiger partial charge is 0.191 e. The van der Waals surface area contributed by atoms with Crippen LogP contribution in [-0.2, 0) is 13.0 Å². The number of ether oxygens (including phenoxy) is 1. The fourth-order valence-corrected chi connectivity index (χ4v) is 3.33. The Morgan fingerprint density at radius 2 is 2.12 bits per heavy atom. The van der Waals surface area contributed by atoms with Gasteiger partial charge in [0, 0.05) is 18.0 Å². The van der Waals surface area contributed by atoms with Gasteiger partial charge >= 0.3 is 0 Å². The van der Waals surface area contributed by atoms with E-state index in [2.05, 4.69) is 40.1 Å². The van der Waals surface area contributed by atoms with Crippen molar-refractivity contribution in [2.75, 3.05) is 20.2 Å². The molecule has 0 radical (unpaired) electrons. The molecule has 1 atom stereocenters. The van der Waals surface area contributed by atoms with Crippen molar-refractivity contribution in [2.45, 2.75) is 26.8 Å². The van der Waals surface area contributed by atoms with Crippen LogP contribution in [0.4, 0.5) is 0 Å². The summed E-state index contributed by atoms with van der Waals surface area (Å²) in [5.41, 5.74) is 0.933. The lowest BCUT2D eigenvalue weighted by atomic mass is 10.1. The maximum absolute atomic E-state index is 9.85. The number of hydrogen-bond acceptors (Lipinski definition) is 4. The van der Waals surface area contributed by atoms with Crippen molar-refractivity contribution in [1.29, 1.82) is 0 Å². The molecule has 1 aromatic heterocycles. The summed E-state index contributed by atoms with van der Waals surface area (Å²) in [6.07, 6.45) is 1.07. The monoisotopic (exact) mass is 489 g/mol. The predicted molar refractivity (Wildman–Crippen MR) is 120 cm³/mol. The van der Waals surface area contributed by atoms with E-state index < -0.39 is 0 Å². The molecule has 1 unspecified atom stereocenters. The molecule has 0 bridgehead atoms. The SMILES string of the molecule is CCNC(=NCc1ccc(OC)c(O)c1)NCC(C)Cc1cccs1.I. The van der Waals surface area contributed by atoms with Crippen molar-refractivity contribution >= 4 is 41.3 Å². The van der Waals surface area contributed by atoms with Crippen molar-refractivity contribution in [2.24, 2.45) is 10.9 Å². The normalized spacial score (nSPS) is 12.2. The highest BCUT2D eigenvalue weighted by Crippen LogP contribution is 2.26. The zero-order valence-electron chi connectivity index (χ0n) is 15.5. The molecular weight excluding hydrogens is 461 g/mol. The van der Waals surface area contributed by atoms with Crippen LogP contribution in [0.5, 0.6) is 11.5 Å². The van der Waals surface area contributed by atoms with Crippen LogP contribution in [0.1, 0.15) is 24.3 Å². The first-order chi connectivity index (χ1) is 12.1. The van der Waals surface area contributed by atoms with Gasteiger partial charge in [0.15, 0.2) is 17.5 Å². The molecule has 144 valence electrons. The Bertz CT molecular complexity index is 677. The van der Waals surface area contributed by atoms with E-state index in [1.165, 1.54) is 12.0 Å². The van der Waals surface area contributed by atoms with Crippen LogP contribution in [0.3, 0.4) is 0 Å². The molecule has 5 nitrogen and oxygen atoms in total. The summed E-state index contributed by atoms with van der Waals surface area (Å²) in [4.78, 5) is 6.00. The molecular formula is C19H28IN3O2S. The van der Waals surface area contributed by atoms with Gasteiger partial charge in [-0.1, -0.05) is 19.1 Å². The highest BCUT2D eigenvalue weighted by molar-refractivity contribution is 14.0. The molecule has 1 heterocycles. The number of nitrogens with zero attached hydrogens (tertiary/aromatic N) is 1. The van der Waals surface area contributed by atoms with Crippen LogP contribution in [0.2, 0.25) is 0 Å². The van der Waals surface area contributed by atoms with E-state index in [1.54, 1.807) is 23.5 Å². The second-order valence-corrected chi connectivity index (χ2v) is 7.00. The summed E-state index contributed by atoms with van der Waals surface area (Å²) in [7, 11) is 1.54. The van der Waals surface area contributed by atoms with Gasteiger partial charge in [-0.05, 0) is 48.4 Å². The fraction of sp³-hybridized carbons (Fsp3) is 0.421. The maximum atomic E-state index is 9.85. The Hall–Kier alpha value is -1.48. The van der Waals surface area contributed by atoms with E-state index in [9.17, 15) is 5.11 Å². The molecule has 2 rings (SSSR count). The van der Waals surface area contributed by atoms with Gasteiger partial charge in [0.2, 0.25) is 0 Å². The van der Waals surface area contributed by atoms with E-state index in [0.717, 1.165) is 31.0 Å². The molecule has 0 aliphatic heterocycles. The highest BCUT2D eigenvalue weighted by atomic mass is 127. The number of benzene rings is 1. The highest BCUT2D eigenvalue weighted by Gasteiger charge is 2.07. The topological polar surface area (TPSA) is 65.9 Å². The van der Waals surface area contributed by atoms with Crippen LogP contribution >= 0.6 is 35.3 Å². The number of halogens is 1. The van der Waals surface area contributed by atoms with E-state index in [0.29, 0.717) is 18.2 Å². The first kappa shape index (κ1) is 22.6. The summed E-state index contributed by atoms with van der Waals surface area (Å²) in [6, 6.07) is 9.62. The van der Waals surface area contributed by atoms with E-state index >= 15 is 0 Å². The molecule has 26 heavy (non-hydrogen) atoms. The van der Waals surface area contributed by atoms with Gasteiger partial charge in [0.05, 0.1) is 13.7 Å². The summed E-state index contributed by atoms with van der Waals surface area (Å²) >= 11 is 1.80. The van der Waals surface area contributed by atoms with E-state index in [4.69, 9.17) is 4.74 Å². The lowest BCUT2D eigenvalue weighted by Gasteiger charge is -2.15. The zero-order valence-corrected chi connectivity index (χ0v) is 18.6. The number of rotatable bonds is 8. The van der Waals surface area contributed by atoms with Crippen molar-refractivity contribution in [3.05, 3.63) is 46.2 Å². The number of aromatic hydroxyl groups is 1. The van der Waals surface area contributed by atoms with Gasteiger partial charge in [0.1, 0.15) is 0 Å². The van der Waals surface area contributed by atoms with Gasteiger partial charge in [-0.2, -0.15) is 0 Å². The van der Waals surface area contributed by atoms with Crippen molar-refractivity contribution in [3.8, 4) is 11.5 Å². The molecule has 0 aliphatic carbocycles. The molecule has 0 fully saturated rings. The van der Waals surface area contributed by atoms with Gasteiger partial charge in [-0.3, -0.25) is 0 Å². The maximum Gasteiger partial charge on any atom is 0.191 e. The fourth-order valence-electron chi connectivity index (χ4n) is 2.46. The molecule has 0 amide bonds. The molecule has 1 aromatic carbocycles. The van der Waals surface area contributed by atoms with Crippen LogP contribution in [-0.4, -0.2) is 31.3 Å². The first-order valence-corrected chi connectivity index (χ1v) is 9.40. The largest absolute Gasteiger partial charge is 0.504 e. The van der Waals surface area contributed by atoms with Crippen LogP contribution in [0.15, 0.2) is 40.7 Å². The molecule has 0 saturated heterocycles. The lowest BCUT2D eigenvalue weighted by Crippen LogP contribution is -2.39. The molecule has 0 aliphatic rings. The number of nitrogens with one attached hydrogen (secondary N) is 2. The predicted octanol–water partition coefficient (Wildman–Crippen LogP) is 4.01. The van der Waals surface area contributed by atoms with Crippen molar-refractivity contribution in [3.63, 3.8) is 0 Å². The second kappa shape index (κ2) is 12.0. The summed E-state index contributed by atoms with van der Waals surface area (Å²) in [5, 5.41) is 18.6. The van der Waals surface area contributed by atoms with Gasteiger partial charge < -0.3 is 20.5 Å². The Morgan fingerprint density at radius 3 is 2.73 bits per heavy atom. The minimum Gasteiger partial charge on any atom is -0.504 e. The number of guanidine groups is 1. The summed E-state index contributed by atoms with van der Waals surface area (Å²) < 4.78 is 5.06. The third-order valence-corrected chi connectivity index (χ3v) is 4.65. The summed E-state index contributed by atoms with van der Waals surface area (Å²) in [6.45, 7) is 6.44. The van der Waals surface area contributed by atoms with Gasteiger partial charge in [-0.15, -0.1) is 35.3 Å². The van der Waals surface area contributed by atoms with E-state index in [-0.39, 0.29) is 29.7 Å². The minimum atomic E-state index is 0. The number of phenolic OH excluding ortho intramolecular Hbond substituents is 1. The number of aliphatic imine (C=N–C) groups is 1. The Morgan fingerprint density at radius 1 is 1.31 bits per heavy atom. The van der Waals surface area contributed by atoms with Crippen LogP contribution in [0.25, 0.3) is 0 Å². The van der Waals surface area contributed by atoms with Crippen LogP contribution < -0.4 is 15.4 Å². The van der Waals surface area contributed by atoms with Crippen LogP contribution in [0, 0.1) is 5.92 Å².